The van der Waals surface area contributed by atoms with Gasteiger partial charge in [0, 0.05) is 6.20 Å². The first-order valence-corrected chi connectivity index (χ1v) is 6.46. The quantitative estimate of drug-likeness (QED) is 0.770. The number of carbonyl (C=O) groups is 1. The van der Waals surface area contributed by atoms with Crippen LogP contribution < -0.4 is 0 Å². The summed E-state index contributed by atoms with van der Waals surface area (Å²) in [6.45, 7) is 0. The Morgan fingerprint density at radius 3 is 2.94 bits per heavy atom. The Morgan fingerprint density at radius 1 is 1.35 bits per heavy atom. The van der Waals surface area contributed by atoms with Gasteiger partial charge in [0.05, 0.1) is 26.2 Å². The van der Waals surface area contributed by atoms with Crippen LogP contribution in [-0.2, 0) is 0 Å². The minimum absolute atomic E-state index is 0.289. The first-order chi connectivity index (χ1) is 8.24. The number of benzene rings is 1. The highest BCUT2D eigenvalue weighted by Crippen LogP contribution is 2.32. The molecule has 0 unspecified atom stereocenters. The second-order valence-corrected chi connectivity index (χ2v) is 5.29. The summed E-state index contributed by atoms with van der Waals surface area (Å²) in [4.78, 5) is 20.3. The summed E-state index contributed by atoms with van der Waals surface area (Å²) in [6, 6.07) is 4.96. The van der Waals surface area contributed by atoms with E-state index in [1.54, 1.807) is 29.9 Å². The average Bonchev–Trinajstić information content (AvgIpc) is 2.96. The molecule has 0 fully saturated rings. The standard InChI is InChI=1S/C11H6N2O2S2/c14-11(15)6-1-2-7-8(3-6)17-10(13-7)9-4-12-5-16-9/h1-5H,(H,14,15). The number of aromatic carboxylic acids is 1. The number of nitrogens with zero attached hydrogens (tertiary/aromatic N) is 2. The van der Waals surface area contributed by atoms with Crippen molar-refractivity contribution in [2.24, 2.45) is 0 Å². The third-order valence-electron chi connectivity index (χ3n) is 2.28. The molecule has 1 N–H and O–H groups in total. The summed E-state index contributed by atoms with van der Waals surface area (Å²) in [5, 5.41) is 9.79. The molecule has 6 heteroatoms. The van der Waals surface area contributed by atoms with Crippen LogP contribution in [-0.4, -0.2) is 21.0 Å². The number of fused-ring (bicyclic) bond motifs is 1. The molecule has 17 heavy (non-hydrogen) atoms. The summed E-state index contributed by atoms with van der Waals surface area (Å²) < 4.78 is 0.883. The maximum absolute atomic E-state index is 10.9. The normalized spacial score (nSPS) is 10.8. The minimum atomic E-state index is -0.917. The Bertz CT molecular complexity index is 689. The largest absolute Gasteiger partial charge is 0.478 e. The monoisotopic (exact) mass is 262 g/mol. The molecule has 2 aromatic heterocycles. The molecule has 0 spiro atoms. The van der Waals surface area contributed by atoms with Crippen molar-refractivity contribution in [3.8, 4) is 9.88 Å². The highest BCUT2D eigenvalue weighted by atomic mass is 32.1. The molecule has 2 heterocycles. The van der Waals surface area contributed by atoms with Gasteiger partial charge in [0.2, 0.25) is 0 Å². The maximum atomic E-state index is 10.9. The highest BCUT2D eigenvalue weighted by molar-refractivity contribution is 7.25. The van der Waals surface area contributed by atoms with Gasteiger partial charge in [-0.1, -0.05) is 0 Å². The Kier molecular flexibility index (Phi) is 2.38. The highest BCUT2D eigenvalue weighted by Gasteiger charge is 2.10. The van der Waals surface area contributed by atoms with Gasteiger partial charge in [0.1, 0.15) is 5.01 Å². The van der Waals surface area contributed by atoms with Crippen molar-refractivity contribution >= 4 is 38.9 Å². The van der Waals surface area contributed by atoms with E-state index in [1.165, 1.54) is 22.7 Å². The van der Waals surface area contributed by atoms with E-state index in [9.17, 15) is 4.79 Å². The van der Waals surface area contributed by atoms with Crippen molar-refractivity contribution in [2.75, 3.05) is 0 Å². The number of aromatic nitrogens is 2. The lowest BCUT2D eigenvalue weighted by atomic mass is 10.2. The van der Waals surface area contributed by atoms with Crippen LogP contribution in [0.25, 0.3) is 20.1 Å². The van der Waals surface area contributed by atoms with Crippen LogP contribution in [0, 0.1) is 0 Å². The zero-order valence-electron chi connectivity index (χ0n) is 8.45. The predicted octanol–water partition coefficient (Wildman–Crippen LogP) is 3.12. The van der Waals surface area contributed by atoms with Crippen LogP contribution >= 0.6 is 22.7 Å². The van der Waals surface area contributed by atoms with E-state index < -0.39 is 5.97 Å². The average molecular weight is 262 g/mol. The number of carboxylic acid groups (broad SMARTS) is 1. The van der Waals surface area contributed by atoms with Gasteiger partial charge in [-0.25, -0.2) is 9.78 Å². The molecular formula is C11H6N2O2S2. The smallest absolute Gasteiger partial charge is 0.335 e. The molecule has 0 aliphatic heterocycles. The number of rotatable bonds is 2. The van der Waals surface area contributed by atoms with Crippen molar-refractivity contribution in [1.82, 2.24) is 9.97 Å². The molecule has 3 aromatic rings. The van der Waals surface area contributed by atoms with Crippen molar-refractivity contribution in [2.45, 2.75) is 0 Å². The molecule has 0 radical (unpaired) electrons. The Hall–Kier alpha value is -1.79. The molecule has 0 amide bonds. The number of carboxylic acids is 1. The third-order valence-corrected chi connectivity index (χ3v) is 4.24. The first-order valence-electron chi connectivity index (χ1n) is 4.77. The lowest BCUT2D eigenvalue weighted by Gasteiger charge is -1.91. The fourth-order valence-electron chi connectivity index (χ4n) is 1.48. The van der Waals surface area contributed by atoms with Crippen molar-refractivity contribution in [3.05, 3.63) is 35.5 Å². The summed E-state index contributed by atoms with van der Waals surface area (Å²) in [6.07, 6.45) is 1.76. The van der Waals surface area contributed by atoms with Gasteiger partial charge in [-0.2, -0.15) is 0 Å². The van der Waals surface area contributed by atoms with E-state index in [0.29, 0.717) is 0 Å². The molecule has 4 nitrogen and oxygen atoms in total. The summed E-state index contributed by atoms with van der Waals surface area (Å²) in [5.74, 6) is -0.917. The fourth-order valence-corrected chi connectivity index (χ4v) is 3.17. The van der Waals surface area contributed by atoms with Crippen LogP contribution in [0.15, 0.2) is 29.9 Å². The van der Waals surface area contributed by atoms with E-state index in [2.05, 4.69) is 9.97 Å². The van der Waals surface area contributed by atoms with Crippen LogP contribution in [0.2, 0.25) is 0 Å². The van der Waals surface area contributed by atoms with E-state index in [1.807, 2.05) is 0 Å². The molecule has 0 bridgehead atoms. The van der Waals surface area contributed by atoms with Crippen LogP contribution in [0.1, 0.15) is 10.4 Å². The molecule has 0 atom stereocenters. The zero-order chi connectivity index (χ0) is 11.8. The lowest BCUT2D eigenvalue weighted by molar-refractivity contribution is 0.0697. The van der Waals surface area contributed by atoms with Crippen LogP contribution in [0.4, 0.5) is 0 Å². The molecule has 0 saturated carbocycles. The Balaban J connectivity index is 2.16. The van der Waals surface area contributed by atoms with Gasteiger partial charge >= 0.3 is 5.97 Å². The van der Waals surface area contributed by atoms with Crippen molar-refractivity contribution < 1.29 is 9.90 Å². The molecule has 3 rings (SSSR count). The summed E-state index contributed by atoms with van der Waals surface area (Å²) >= 11 is 3.00. The molecule has 0 saturated heterocycles. The summed E-state index contributed by atoms with van der Waals surface area (Å²) in [5.41, 5.74) is 2.87. The van der Waals surface area contributed by atoms with E-state index >= 15 is 0 Å². The predicted molar refractivity (Wildman–Crippen MR) is 67.7 cm³/mol. The summed E-state index contributed by atoms with van der Waals surface area (Å²) in [7, 11) is 0. The molecule has 0 aliphatic carbocycles. The van der Waals surface area contributed by atoms with Gasteiger partial charge in [-0.15, -0.1) is 22.7 Å². The Labute approximate surface area is 104 Å². The van der Waals surface area contributed by atoms with Gasteiger partial charge in [0.15, 0.2) is 0 Å². The topological polar surface area (TPSA) is 63.1 Å². The van der Waals surface area contributed by atoms with E-state index in [0.717, 1.165) is 20.1 Å². The molecule has 1 aromatic carbocycles. The maximum Gasteiger partial charge on any atom is 0.335 e. The second-order valence-electron chi connectivity index (χ2n) is 3.37. The molecule has 84 valence electrons. The lowest BCUT2D eigenvalue weighted by Crippen LogP contribution is -1.94. The van der Waals surface area contributed by atoms with Crippen LogP contribution in [0.5, 0.6) is 0 Å². The van der Waals surface area contributed by atoms with E-state index in [-0.39, 0.29) is 5.56 Å². The van der Waals surface area contributed by atoms with Crippen molar-refractivity contribution in [1.29, 1.82) is 0 Å². The van der Waals surface area contributed by atoms with Crippen molar-refractivity contribution in [3.63, 3.8) is 0 Å². The van der Waals surface area contributed by atoms with Crippen LogP contribution in [0.3, 0.4) is 0 Å². The van der Waals surface area contributed by atoms with E-state index in [4.69, 9.17) is 5.11 Å². The van der Waals surface area contributed by atoms with Gasteiger partial charge in [-0.05, 0) is 18.2 Å². The third kappa shape index (κ3) is 1.81. The fraction of sp³-hybridized carbons (Fsp3) is 0. The SMILES string of the molecule is O=C(O)c1ccc2nc(-c3cncs3)sc2c1. The molecular weight excluding hydrogens is 256 g/mol. The van der Waals surface area contributed by atoms with Gasteiger partial charge in [0.25, 0.3) is 0 Å². The number of thiazole rings is 2. The number of hydrogen-bond acceptors (Lipinski definition) is 5. The number of hydrogen-bond donors (Lipinski definition) is 1. The van der Waals surface area contributed by atoms with Gasteiger partial charge < -0.3 is 5.11 Å². The first kappa shape index (κ1) is 10.4. The Morgan fingerprint density at radius 2 is 2.24 bits per heavy atom. The van der Waals surface area contributed by atoms with Gasteiger partial charge in [-0.3, -0.25) is 4.98 Å². The minimum Gasteiger partial charge on any atom is -0.478 e. The zero-order valence-corrected chi connectivity index (χ0v) is 10.1. The molecule has 0 aliphatic rings. The second kappa shape index (κ2) is 3.90.